The lowest BCUT2D eigenvalue weighted by Crippen LogP contribution is -2.41. The number of hydrogen-bond acceptors (Lipinski definition) is 6. The third-order valence-electron chi connectivity index (χ3n) is 8.10. The quantitative estimate of drug-likeness (QED) is 0.239. The summed E-state index contributed by atoms with van der Waals surface area (Å²) < 4.78 is 28.0. The van der Waals surface area contributed by atoms with Crippen LogP contribution in [0.3, 0.4) is 0 Å². The first-order valence-corrected chi connectivity index (χ1v) is 14.0. The number of benzene rings is 3. The Morgan fingerprint density at radius 2 is 1.56 bits per heavy atom. The number of hydrogen-bond donors (Lipinski definition) is 2. The summed E-state index contributed by atoms with van der Waals surface area (Å²) in [7, 11) is 1.62. The standard InChI is InChI=1S/C33H36FN3O4/c1-4-21-32(5-2)29(38)28(34)30(41-32)37-22-20-27(35-31(37)39)36-33(23-12-8-6-9-13-23,24-14-10-7-11-15-24)25-16-18-26(40-3)19-17-25/h6-20,22,28-30,38H,4-5,21H2,1-3H3,(H,35,36,39)/t28-,29+,30-,32+/m1/s1. The minimum Gasteiger partial charge on any atom is -0.497 e. The number of rotatable bonds is 10. The summed E-state index contributed by atoms with van der Waals surface area (Å²) >= 11 is 0. The van der Waals surface area contributed by atoms with E-state index in [0.29, 0.717) is 25.1 Å². The van der Waals surface area contributed by atoms with E-state index in [0.717, 1.165) is 27.0 Å². The number of nitrogens with one attached hydrogen (secondary N) is 1. The fourth-order valence-corrected chi connectivity index (χ4v) is 5.93. The van der Waals surface area contributed by atoms with Gasteiger partial charge in [0.2, 0.25) is 0 Å². The Hall–Kier alpha value is -4.01. The van der Waals surface area contributed by atoms with Crippen LogP contribution >= 0.6 is 0 Å². The lowest BCUT2D eigenvalue weighted by atomic mass is 9.77. The molecule has 0 unspecified atom stereocenters. The normalized spacial score (nSPS) is 22.4. The first kappa shape index (κ1) is 28.5. The monoisotopic (exact) mass is 557 g/mol. The molecule has 0 spiro atoms. The lowest BCUT2D eigenvalue weighted by molar-refractivity contribution is -0.111. The van der Waals surface area contributed by atoms with Gasteiger partial charge in [0.25, 0.3) is 0 Å². The maximum Gasteiger partial charge on any atom is 0.351 e. The molecule has 41 heavy (non-hydrogen) atoms. The predicted molar refractivity (Wildman–Crippen MR) is 157 cm³/mol. The number of alkyl halides is 1. The number of methoxy groups -OCH3 is 1. The molecular weight excluding hydrogens is 521 g/mol. The highest BCUT2D eigenvalue weighted by molar-refractivity contribution is 5.58. The molecule has 0 radical (unpaired) electrons. The minimum atomic E-state index is -1.76. The molecule has 1 aliphatic rings. The highest BCUT2D eigenvalue weighted by Gasteiger charge is 2.54. The summed E-state index contributed by atoms with van der Waals surface area (Å²) in [6, 6.07) is 29.2. The van der Waals surface area contributed by atoms with Gasteiger partial charge in [0.15, 0.2) is 12.4 Å². The smallest absolute Gasteiger partial charge is 0.351 e. The fourth-order valence-electron chi connectivity index (χ4n) is 5.93. The van der Waals surface area contributed by atoms with Crippen LogP contribution in [0.15, 0.2) is 102 Å². The second kappa shape index (κ2) is 11.8. The molecule has 0 aliphatic carbocycles. The molecule has 2 heterocycles. The van der Waals surface area contributed by atoms with Gasteiger partial charge in [0.05, 0.1) is 12.7 Å². The van der Waals surface area contributed by atoms with Gasteiger partial charge in [-0.15, -0.1) is 0 Å². The maximum atomic E-state index is 15.4. The molecule has 8 heteroatoms. The first-order valence-electron chi connectivity index (χ1n) is 14.0. The van der Waals surface area contributed by atoms with Crippen LogP contribution in [0.2, 0.25) is 0 Å². The number of aliphatic hydroxyl groups is 1. The van der Waals surface area contributed by atoms with E-state index in [1.54, 1.807) is 13.2 Å². The third kappa shape index (κ3) is 5.13. The Balaban J connectivity index is 1.60. The molecule has 0 amide bonds. The number of anilines is 1. The summed E-state index contributed by atoms with van der Waals surface area (Å²) in [4.78, 5) is 17.7. The molecular formula is C33H36FN3O4. The average Bonchev–Trinajstić information content (AvgIpc) is 3.26. The maximum absolute atomic E-state index is 15.4. The predicted octanol–water partition coefficient (Wildman–Crippen LogP) is 5.83. The molecule has 1 saturated heterocycles. The zero-order valence-corrected chi connectivity index (χ0v) is 23.5. The SMILES string of the molecule is CCC[C@]1(CC)O[C@@H](n2ccc(NC(c3ccccc3)(c3ccccc3)c3ccc(OC)cc3)nc2=O)[C@H](F)[C@@H]1O. The van der Waals surface area contributed by atoms with Crippen molar-refractivity contribution < 1.29 is 19.0 Å². The average molecular weight is 558 g/mol. The van der Waals surface area contributed by atoms with Gasteiger partial charge in [0, 0.05) is 6.20 Å². The van der Waals surface area contributed by atoms with Crippen LogP contribution < -0.4 is 15.7 Å². The summed E-state index contributed by atoms with van der Waals surface area (Å²) in [6.07, 6.45) is -1.24. The number of aliphatic hydroxyl groups excluding tert-OH is 1. The molecule has 4 atom stereocenters. The summed E-state index contributed by atoms with van der Waals surface area (Å²) in [5.74, 6) is 1.02. The van der Waals surface area contributed by atoms with E-state index in [4.69, 9.17) is 9.47 Å². The topological polar surface area (TPSA) is 85.6 Å². The van der Waals surface area contributed by atoms with E-state index in [-0.39, 0.29) is 0 Å². The van der Waals surface area contributed by atoms with Gasteiger partial charge in [-0.3, -0.25) is 4.57 Å². The molecule has 0 bridgehead atoms. The molecule has 1 aromatic heterocycles. The van der Waals surface area contributed by atoms with Gasteiger partial charge >= 0.3 is 5.69 Å². The van der Waals surface area contributed by atoms with Crippen molar-refractivity contribution in [3.05, 3.63) is 124 Å². The third-order valence-corrected chi connectivity index (χ3v) is 8.10. The van der Waals surface area contributed by atoms with E-state index in [2.05, 4.69) is 10.3 Å². The van der Waals surface area contributed by atoms with Gasteiger partial charge in [-0.1, -0.05) is 93.1 Å². The van der Waals surface area contributed by atoms with Crippen molar-refractivity contribution in [3.8, 4) is 5.75 Å². The second-order valence-corrected chi connectivity index (χ2v) is 10.4. The molecule has 7 nitrogen and oxygen atoms in total. The molecule has 3 aromatic carbocycles. The van der Waals surface area contributed by atoms with Crippen LogP contribution in [0, 0.1) is 0 Å². The molecule has 4 aromatic rings. The van der Waals surface area contributed by atoms with Gasteiger partial charge in [-0.25, -0.2) is 9.18 Å². The minimum absolute atomic E-state index is 0.305. The van der Waals surface area contributed by atoms with Crippen molar-refractivity contribution in [1.82, 2.24) is 9.55 Å². The van der Waals surface area contributed by atoms with Crippen molar-refractivity contribution >= 4 is 5.82 Å². The van der Waals surface area contributed by atoms with Crippen LogP contribution in [0.4, 0.5) is 10.2 Å². The van der Waals surface area contributed by atoms with Gasteiger partial charge in [0.1, 0.15) is 23.2 Å². The van der Waals surface area contributed by atoms with Gasteiger partial charge < -0.3 is 19.9 Å². The fraction of sp³-hybridized carbons (Fsp3) is 0.333. The first-order chi connectivity index (χ1) is 19.9. The molecule has 1 aliphatic heterocycles. The van der Waals surface area contributed by atoms with E-state index in [9.17, 15) is 9.90 Å². The largest absolute Gasteiger partial charge is 0.497 e. The van der Waals surface area contributed by atoms with Crippen LogP contribution in [0.25, 0.3) is 0 Å². The van der Waals surface area contributed by atoms with Crippen LogP contribution in [0.5, 0.6) is 5.75 Å². The Morgan fingerprint density at radius 3 is 2.07 bits per heavy atom. The summed E-state index contributed by atoms with van der Waals surface area (Å²) in [5.41, 5.74) is 0.116. The molecule has 1 fully saturated rings. The van der Waals surface area contributed by atoms with Crippen molar-refractivity contribution in [2.75, 3.05) is 12.4 Å². The summed E-state index contributed by atoms with van der Waals surface area (Å²) in [6.45, 7) is 3.81. The summed E-state index contributed by atoms with van der Waals surface area (Å²) in [5, 5.41) is 14.3. The zero-order chi connectivity index (χ0) is 29.0. The van der Waals surface area contributed by atoms with Crippen LogP contribution in [-0.2, 0) is 10.3 Å². The van der Waals surface area contributed by atoms with E-state index in [1.165, 1.54) is 6.20 Å². The highest BCUT2D eigenvalue weighted by Crippen LogP contribution is 2.44. The number of nitrogens with zero attached hydrogens (tertiary/aromatic N) is 2. The van der Waals surface area contributed by atoms with Crippen molar-refractivity contribution in [2.45, 2.75) is 62.8 Å². The van der Waals surface area contributed by atoms with Crippen LogP contribution in [-0.4, -0.2) is 39.6 Å². The van der Waals surface area contributed by atoms with Crippen molar-refractivity contribution in [3.63, 3.8) is 0 Å². The molecule has 2 N–H and O–H groups in total. The second-order valence-electron chi connectivity index (χ2n) is 10.4. The lowest BCUT2D eigenvalue weighted by Gasteiger charge is -2.37. The van der Waals surface area contributed by atoms with Gasteiger partial charge in [-0.05, 0) is 47.7 Å². The van der Waals surface area contributed by atoms with E-state index in [1.807, 2.05) is 98.8 Å². The Kier molecular flexibility index (Phi) is 8.24. The highest BCUT2D eigenvalue weighted by atomic mass is 19.1. The Bertz CT molecular complexity index is 1460. The van der Waals surface area contributed by atoms with Crippen molar-refractivity contribution in [1.29, 1.82) is 0 Å². The molecule has 0 saturated carbocycles. The van der Waals surface area contributed by atoms with E-state index >= 15 is 4.39 Å². The molecule has 5 rings (SSSR count). The molecule has 214 valence electrons. The van der Waals surface area contributed by atoms with Crippen molar-refractivity contribution in [2.24, 2.45) is 0 Å². The van der Waals surface area contributed by atoms with Crippen LogP contribution in [0.1, 0.15) is 56.0 Å². The zero-order valence-electron chi connectivity index (χ0n) is 23.5. The van der Waals surface area contributed by atoms with E-state index < -0.39 is 35.3 Å². The Morgan fingerprint density at radius 1 is 0.976 bits per heavy atom. The number of aromatic nitrogens is 2. The Labute approximate surface area is 239 Å². The van der Waals surface area contributed by atoms with Gasteiger partial charge in [-0.2, -0.15) is 4.98 Å². The number of halogens is 1. The number of ether oxygens (including phenoxy) is 2.